The molecule has 0 bridgehead atoms. The van der Waals surface area contributed by atoms with Gasteiger partial charge in [-0.15, -0.1) is 0 Å². The van der Waals surface area contributed by atoms with Crippen LogP contribution in [0.1, 0.15) is 34.4 Å². The molecule has 0 aliphatic carbocycles. The van der Waals surface area contributed by atoms with Gasteiger partial charge in [-0.25, -0.2) is 4.98 Å². The average Bonchev–Trinajstić information content (AvgIpc) is 3.33. The molecule has 1 amide bonds. The molecule has 0 saturated heterocycles. The molecule has 1 aliphatic heterocycles. The van der Waals surface area contributed by atoms with Crippen LogP contribution in [0.3, 0.4) is 0 Å². The molecule has 3 aromatic rings. The second-order valence-corrected chi connectivity index (χ2v) is 7.27. The molecule has 6 nitrogen and oxygen atoms in total. The smallest absolute Gasteiger partial charge is 0.262 e. The van der Waals surface area contributed by atoms with Crippen molar-refractivity contribution >= 4 is 17.4 Å². The van der Waals surface area contributed by atoms with Crippen LogP contribution in [0.5, 0.6) is 0 Å². The fourth-order valence-electron chi connectivity index (χ4n) is 3.48. The third kappa shape index (κ3) is 3.39. The Morgan fingerprint density at radius 3 is 2.86 bits per heavy atom. The molecule has 0 spiro atoms. The van der Waals surface area contributed by atoms with E-state index in [9.17, 15) is 9.90 Å². The summed E-state index contributed by atoms with van der Waals surface area (Å²) in [5.41, 5.74) is 1.36. The lowest BCUT2D eigenvalue weighted by Crippen LogP contribution is -2.33. The first-order valence-corrected chi connectivity index (χ1v) is 9.34. The second kappa shape index (κ2) is 7.13. The molecule has 4 rings (SSSR count). The lowest BCUT2D eigenvalue weighted by atomic mass is 10.0. The van der Waals surface area contributed by atoms with E-state index in [0.29, 0.717) is 23.7 Å². The topological polar surface area (TPSA) is 78.6 Å². The van der Waals surface area contributed by atoms with E-state index < -0.39 is 5.60 Å². The molecule has 0 radical (unpaired) electrons. The monoisotopic (exact) mass is 377 g/mol. The predicted molar refractivity (Wildman–Crippen MR) is 108 cm³/mol. The van der Waals surface area contributed by atoms with Crippen LogP contribution >= 0.6 is 0 Å². The maximum Gasteiger partial charge on any atom is 0.262 e. The highest BCUT2D eigenvalue weighted by Gasteiger charge is 2.30. The van der Waals surface area contributed by atoms with Gasteiger partial charge in [0.25, 0.3) is 5.91 Å². The third-order valence-electron chi connectivity index (χ3n) is 5.04. The van der Waals surface area contributed by atoms with E-state index in [1.165, 1.54) is 5.56 Å². The van der Waals surface area contributed by atoms with E-state index in [1.54, 1.807) is 36.2 Å². The third-order valence-corrected chi connectivity index (χ3v) is 5.04. The molecular weight excluding hydrogens is 354 g/mol. The van der Waals surface area contributed by atoms with Crippen LogP contribution in [0, 0.1) is 6.92 Å². The SMILES string of the molecule is Cc1ccc(C(C)(O)CNc2ncccc2C(=O)N2CCc3ccccc32)o1. The number of aromatic nitrogens is 1. The second-order valence-electron chi connectivity index (χ2n) is 7.27. The van der Waals surface area contributed by atoms with Crippen LogP contribution in [0.4, 0.5) is 11.5 Å². The van der Waals surface area contributed by atoms with Crippen LogP contribution in [-0.4, -0.2) is 29.1 Å². The predicted octanol–water partition coefficient (Wildman–Crippen LogP) is 3.51. The summed E-state index contributed by atoms with van der Waals surface area (Å²) in [5, 5.41) is 13.9. The molecule has 1 atom stereocenters. The van der Waals surface area contributed by atoms with Crippen molar-refractivity contribution in [1.82, 2.24) is 4.98 Å². The van der Waals surface area contributed by atoms with Gasteiger partial charge in [0.2, 0.25) is 0 Å². The molecular formula is C22H23N3O3. The number of hydrogen-bond donors (Lipinski definition) is 2. The molecule has 0 saturated carbocycles. The molecule has 144 valence electrons. The van der Waals surface area contributed by atoms with Crippen molar-refractivity contribution in [2.45, 2.75) is 25.9 Å². The van der Waals surface area contributed by atoms with Gasteiger partial charge >= 0.3 is 0 Å². The number of carbonyl (C=O) groups is 1. The van der Waals surface area contributed by atoms with Crippen molar-refractivity contribution in [3.8, 4) is 0 Å². The summed E-state index contributed by atoms with van der Waals surface area (Å²) in [6, 6.07) is 15.0. The number of nitrogens with one attached hydrogen (secondary N) is 1. The van der Waals surface area contributed by atoms with Crippen LogP contribution in [-0.2, 0) is 12.0 Å². The normalized spacial score (nSPS) is 15.2. The molecule has 1 aliphatic rings. The van der Waals surface area contributed by atoms with E-state index in [4.69, 9.17) is 4.42 Å². The van der Waals surface area contributed by atoms with Crippen molar-refractivity contribution in [2.24, 2.45) is 0 Å². The van der Waals surface area contributed by atoms with Gasteiger partial charge in [0.15, 0.2) is 0 Å². The minimum Gasteiger partial charge on any atom is -0.463 e. The largest absolute Gasteiger partial charge is 0.463 e. The molecule has 2 aromatic heterocycles. The number of benzene rings is 1. The molecule has 1 unspecified atom stereocenters. The van der Waals surface area contributed by atoms with E-state index in [0.717, 1.165) is 17.9 Å². The number of pyridine rings is 1. The molecule has 3 heterocycles. The number of anilines is 2. The molecule has 1 aromatic carbocycles. The highest BCUT2D eigenvalue weighted by Crippen LogP contribution is 2.30. The lowest BCUT2D eigenvalue weighted by molar-refractivity contribution is 0.0467. The van der Waals surface area contributed by atoms with E-state index >= 15 is 0 Å². The van der Waals surface area contributed by atoms with Crippen LogP contribution in [0.15, 0.2) is 59.1 Å². The molecule has 2 N–H and O–H groups in total. The number of furan rings is 1. The summed E-state index contributed by atoms with van der Waals surface area (Å²) in [6.45, 7) is 4.31. The first kappa shape index (κ1) is 18.3. The minimum absolute atomic E-state index is 0.103. The maximum absolute atomic E-state index is 13.2. The lowest BCUT2D eigenvalue weighted by Gasteiger charge is -2.23. The average molecular weight is 377 g/mol. The Balaban J connectivity index is 1.55. The van der Waals surface area contributed by atoms with Gasteiger partial charge in [0.1, 0.15) is 22.9 Å². The fraction of sp³-hybridized carbons (Fsp3) is 0.273. The number of rotatable bonds is 5. The van der Waals surface area contributed by atoms with Crippen molar-refractivity contribution in [3.05, 3.63) is 77.4 Å². The summed E-state index contributed by atoms with van der Waals surface area (Å²) >= 11 is 0. The van der Waals surface area contributed by atoms with E-state index in [2.05, 4.69) is 10.3 Å². The Kier molecular flexibility index (Phi) is 4.65. The number of aryl methyl sites for hydroxylation is 1. The Bertz CT molecular complexity index is 1010. The number of amides is 1. The van der Waals surface area contributed by atoms with Crippen molar-refractivity contribution in [2.75, 3.05) is 23.3 Å². The Morgan fingerprint density at radius 1 is 1.25 bits per heavy atom. The van der Waals surface area contributed by atoms with Gasteiger partial charge in [0.05, 0.1) is 12.1 Å². The van der Waals surface area contributed by atoms with Crippen molar-refractivity contribution in [3.63, 3.8) is 0 Å². The molecule has 0 fully saturated rings. The van der Waals surface area contributed by atoms with Gasteiger partial charge < -0.3 is 19.7 Å². The van der Waals surface area contributed by atoms with Crippen molar-refractivity contribution < 1.29 is 14.3 Å². The molecule has 6 heteroatoms. The summed E-state index contributed by atoms with van der Waals surface area (Å²) in [4.78, 5) is 19.3. The van der Waals surface area contributed by atoms with Gasteiger partial charge in [-0.1, -0.05) is 18.2 Å². The van der Waals surface area contributed by atoms with Crippen LogP contribution in [0.25, 0.3) is 0 Å². The summed E-state index contributed by atoms with van der Waals surface area (Å²) in [6.07, 6.45) is 2.47. The highest BCUT2D eigenvalue weighted by molar-refractivity contribution is 6.10. The van der Waals surface area contributed by atoms with Gasteiger partial charge in [0, 0.05) is 18.4 Å². The van der Waals surface area contributed by atoms with Crippen LogP contribution < -0.4 is 10.2 Å². The van der Waals surface area contributed by atoms with Gasteiger partial charge in [-0.2, -0.15) is 0 Å². The highest BCUT2D eigenvalue weighted by atomic mass is 16.4. The van der Waals surface area contributed by atoms with Gasteiger partial charge in [-0.05, 0) is 56.2 Å². The Hall–Kier alpha value is -3.12. The Labute approximate surface area is 163 Å². The van der Waals surface area contributed by atoms with E-state index in [-0.39, 0.29) is 12.5 Å². The van der Waals surface area contributed by atoms with Crippen LogP contribution in [0.2, 0.25) is 0 Å². The summed E-state index contributed by atoms with van der Waals surface area (Å²) < 4.78 is 5.55. The van der Waals surface area contributed by atoms with Gasteiger partial charge in [-0.3, -0.25) is 4.79 Å². The number of nitrogens with zero attached hydrogens (tertiary/aromatic N) is 2. The fourth-order valence-corrected chi connectivity index (χ4v) is 3.48. The standard InChI is InChI=1S/C22H23N3O3/c1-15-9-10-19(28-15)22(2,27)14-24-20-17(7-5-12-23-20)21(26)25-13-11-16-6-3-4-8-18(16)25/h3-10,12,27H,11,13-14H2,1-2H3,(H,23,24). The zero-order valence-electron chi connectivity index (χ0n) is 16.0. The minimum atomic E-state index is -1.23. The number of para-hydroxylation sites is 1. The first-order chi connectivity index (χ1) is 13.5. The zero-order valence-corrected chi connectivity index (χ0v) is 16.0. The maximum atomic E-state index is 13.2. The number of carbonyl (C=O) groups excluding carboxylic acids is 1. The summed E-state index contributed by atoms with van der Waals surface area (Å²) in [7, 11) is 0. The Morgan fingerprint density at radius 2 is 2.07 bits per heavy atom. The number of aliphatic hydroxyl groups is 1. The number of hydrogen-bond acceptors (Lipinski definition) is 5. The summed E-state index contributed by atoms with van der Waals surface area (Å²) in [5.74, 6) is 1.54. The quantitative estimate of drug-likeness (QED) is 0.711. The van der Waals surface area contributed by atoms with E-state index in [1.807, 2.05) is 37.3 Å². The zero-order chi connectivity index (χ0) is 19.7. The first-order valence-electron chi connectivity index (χ1n) is 9.34. The van der Waals surface area contributed by atoms with Crippen molar-refractivity contribution in [1.29, 1.82) is 0 Å². The number of fused-ring (bicyclic) bond motifs is 1. The molecule has 28 heavy (non-hydrogen) atoms.